The fraction of sp³-hybridized carbons (Fsp3) is 0.500. The lowest BCUT2D eigenvalue weighted by Gasteiger charge is -2.18. The van der Waals surface area contributed by atoms with Crippen LogP contribution in [0.5, 0.6) is 5.75 Å². The maximum absolute atomic E-state index is 5.92. The molecule has 20 heavy (non-hydrogen) atoms. The summed E-state index contributed by atoms with van der Waals surface area (Å²) < 4.78 is 7.30. The third-order valence-electron chi connectivity index (χ3n) is 2.65. The van der Waals surface area contributed by atoms with Gasteiger partial charge in [-0.3, -0.25) is 0 Å². The first-order chi connectivity index (χ1) is 9.39. The molecule has 0 unspecified atom stereocenters. The molecule has 2 rings (SSSR count). The van der Waals surface area contributed by atoms with E-state index in [1.165, 1.54) is 0 Å². The predicted molar refractivity (Wildman–Crippen MR) is 78.3 cm³/mol. The van der Waals surface area contributed by atoms with Crippen LogP contribution in [-0.4, -0.2) is 26.8 Å². The van der Waals surface area contributed by atoms with Crippen molar-refractivity contribution in [1.82, 2.24) is 20.2 Å². The van der Waals surface area contributed by atoms with Crippen molar-refractivity contribution in [3.05, 3.63) is 18.2 Å². The summed E-state index contributed by atoms with van der Waals surface area (Å²) in [5, 5.41) is 11.9. The fourth-order valence-corrected chi connectivity index (χ4v) is 1.97. The van der Waals surface area contributed by atoms with Crippen molar-refractivity contribution in [3.8, 4) is 17.1 Å². The molecule has 0 aliphatic rings. The second-order valence-corrected chi connectivity index (χ2v) is 5.94. The molecule has 0 aliphatic heterocycles. The number of tetrazole rings is 1. The molecule has 0 saturated heterocycles. The van der Waals surface area contributed by atoms with Crippen LogP contribution in [-0.2, 0) is 6.54 Å². The van der Waals surface area contributed by atoms with Gasteiger partial charge in [0.25, 0.3) is 0 Å². The molecule has 0 radical (unpaired) electrons. The van der Waals surface area contributed by atoms with Gasteiger partial charge in [0.1, 0.15) is 5.75 Å². The molecule has 0 spiro atoms. The molecule has 0 fully saturated rings. The first-order valence-electron chi connectivity index (χ1n) is 6.69. The zero-order chi connectivity index (χ0) is 14.8. The van der Waals surface area contributed by atoms with Crippen molar-refractivity contribution < 1.29 is 4.74 Å². The van der Waals surface area contributed by atoms with Crippen LogP contribution in [0.3, 0.4) is 0 Å². The van der Waals surface area contributed by atoms with Crippen molar-refractivity contribution in [1.29, 1.82) is 0 Å². The standard InChI is InChI=1S/C14H21N5O/c1-5-20-12-7-10(6-11(15)8-12)13-16-17-18-19(13)9-14(2,3)4/h6-8H,5,9,15H2,1-4H3. The highest BCUT2D eigenvalue weighted by atomic mass is 16.5. The number of benzene rings is 1. The highest BCUT2D eigenvalue weighted by molar-refractivity contribution is 5.64. The van der Waals surface area contributed by atoms with Crippen LogP contribution in [0.4, 0.5) is 5.69 Å². The normalized spacial score (nSPS) is 11.6. The van der Waals surface area contributed by atoms with Gasteiger partial charge in [0.2, 0.25) is 0 Å². The van der Waals surface area contributed by atoms with Crippen LogP contribution in [0.25, 0.3) is 11.4 Å². The first kappa shape index (κ1) is 14.3. The second kappa shape index (κ2) is 5.48. The van der Waals surface area contributed by atoms with Crippen LogP contribution in [0.15, 0.2) is 18.2 Å². The molecule has 0 bridgehead atoms. The number of hydrogen-bond acceptors (Lipinski definition) is 5. The number of aromatic nitrogens is 4. The average Bonchev–Trinajstić information content (AvgIpc) is 2.74. The van der Waals surface area contributed by atoms with Crippen molar-refractivity contribution in [3.63, 3.8) is 0 Å². The molecular formula is C14H21N5O. The summed E-state index contributed by atoms with van der Waals surface area (Å²) in [4.78, 5) is 0. The van der Waals surface area contributed by atoms with E-state index in [0.717, 1.165) is 17.9 Å². The monoisotopic (exact) mass is 275 g/mol. The van der Waals surface area contributed by atoms with Gasteiger partial charge < -0.3 is 10.5 Å². The van der Waals surface area contributed by atoms with E-state index in [0.29, 0.717) is 18.1 Å². The number of nitrogens with zero attached hydrogens (tertiary/aromatic N) is 4. The number of nitrogen functional groups attached to an aromatic ring is 1. The molecule has 2 aromatic rings. The number of ether oxygens (including phenoxy) is 1. The Morgan fingerprint density at radius 1 is 1.25 bits per heavy atom. The summed E-state index contributed by atoms with van der Waals surface area (Å²) in [6, 6.07) is 5.56. The Hall–Kier alpha value is -2.11. The smallest absolute Gasteiger partial charge is 0.182 e. The van der Waals surface area contributed by atoms with Gasteiger partial charge in [-0.25, -0.2) is 4.68 Å². The van der Waals surface area contributed by atoms with Gasteiger partial charge in [-0.15, -0.1) is 5.10 Å². The Kier molecular flexibility index (Phi) is 3.92. The summed E-state index contributed by atoms with van der Waals surface area (Å²) in [6.45, 7) is 9.69. The van der Waals surface area contributed by atoms with E-state index >= 15 is 0 Å². The van der Waals surface area contributed by atoms with E-state index in [1.54, 1.807) is 10.7 Å². The average molecular weight is 275 g/mol. The summed E-state index contributed by atoms with van der Waals surface area (Å²) in [5.41, 5.74) is 7.50. The minimum atomic E-state index is 0.0905. The van der Waals surface area contributed by atoms with Gasteiger partial charge in [0.15, 0.2) is 5.82 Å². The molecule has 6 heteroatoms. The highest BCUT2D eigenvalue weighted by Crippen LogP contribution is 2.27. The molecule has 0 aliphatic carbocycles. The van der Waals surface area contributed by atoms with Gasteiger partial charge in [0, 0.05) is 23.9 Å². The largest absolute Gasteiger partial charge is 0.494 e. The molecule has 2 N–H and O–H groups in total. The van der Waals surface area contributed by atoms with Crippen LogP contribution < -0.4 is 10.5 Å². The molecule has 1 aromatic heterocycles. The third kappa shape index (κ3) is 3.46. The Morgan fingerprint density at radius 2 is 2.00 bits per heavy atom. The van der Waals surface area contributed by atoms with Crippen molar-refractivity contribution in [2.45, 2.75) is 34.2 Å². The summed E-state index contributed by atoms with van der Waals surface area (Å²) in [6.07, 6.45) is 0. The van der Waals surface area contributed by atoms with Gasteiger partial charge in [-0.2, -0.15) is 0 Å². The SMILES string of the molecule is CCOc1cc(N)cc(-c2nnnn2CC(C)(C)C)c1. The summed E-state index contributed by atoms with van der Waals surface area (Å²) in [5.74, 6) is 1.43. The van der Waals surface area contributed by atoms with Crippen LogP contribution in [0.2, 0.25) is 0 Å². The first-order valence-corrected chi connectivity index (χ1v) is 6.69. The lowest BCUT2D eigenvalue weighted by Crippen LogP contribution is -2.17. The van der Waals surface area contributed by atoms with E-state index in [1.807, 2.05) is 19.1 Å². The van der Waals surface area contributed by atoms with E-state index in [4.69, 9.17) is 10.5 Å². The van der Waals surface area contributed by atoms with E-state index in [-0.39, 0.29) is 5.41 Å². The third-order valence-corrected chi connectivity index (χ3v) is 2.65. The van der Waals surface area contributed by atoms with Crippen LogP contribution >= 0.6 is 0 Å². The molecule has 0 amide bonds. The summed E-state index contributed by atoms with van der Waals surface area (Å²) in [7, 11) is 0. The van der Waals surface area contributed by atoms with Crippen molar-refractivity contribution in [2.24, 2.45) is 5.41 Å². The number of hydrogen-bond donors (Lipinski definition) is 1. The van der Waals surface area contributed by atoms with Crippen LogP contribution in [0, 0.1) is 5.41 Å². The molecule has 108 valence electrons. The lowest BCUT2D eigenvalue weighted by molar-refractivity contribution is 0.323. The highest BCUT2D eigenvalue weighted by Gasteiger charge is 2.17. The minimum Gasteiger partial charge on any atom is -0.494 e. The molecular weight excluding hydrogens is 254 g/mol. The Balaban J connectivity index is 2.39. The van der Waals surface area contributed by atoms with Gasteiger partial charge in [-0.1, -0.05) is 20.8 Å². The van der Waals surface area contributed by atoms with Crippen LogP contribution in [0.1, 0.15) is 27.7 Å². The predicted octanol–water partition coefficient (Wildman–Crippen LogP) is 2.37. The van der Waals surface area contributed by atoms with E-state index in [9.17, 15) is 0 Å². The van der Waals surface area contributed by atoms with Gasteiger partial charge in [-0.05, 0) is 34.9 Å². The lowest BCUT2D eigenvalue weighted by atomic mass is 9.97. The number of anilines is 1. The molecule has 6 nitrogen and oxygen atoms in total. The van der Waals surface area contributed by atoms with E-state index in [2.05, 4.69) is 36.3 Å². The molecule has 0 saturated carbocycles. The zero-order valence-corrected chi connectivity index (χ0v) is 12.4. The maximum atomic E-state index is 5.92. The second-order valence-electron chi connectivity index (χ2n) is 5.94. The molecule has 1 heterocycles. The van der Waals surface area contributed by atoms with Crippen molar-refractivity contribution >= 4 is 5.69 Å². The number of nitrogens with two attached hydrogens (primary N) is 1. The minimum absolute atomic E-state index is 0.0905. The quantitative estimate of drug-likeness (QED) is 0.867. The Labute approximate surface area is 118 Å². The molecule has 0 atom stereocenters. The maximum Gasteiger partial charge on any atom is 0.182 e. The zero-order valence-electron chi connectivity index (χ0n) is 12.4. The number of rotatable bonds is 4. The van der Waals surface area contributed by atoms with Gasteiger partial charge in [0.05, 0.1) is 6.61 Å². The Morgan fingerprint density at radius 3 is 2.65 bits per heavy atom. The molecule has 1 aromatic carbocycles. The van der Waals surface area contributed by atoms with Gasteiger partial charge >= 0.3 is 0 Å². The Bertz CT molecular complexity index is 585. The van der Waals surface area contributed by atoms with Crippen molar-refractivity contribution in [2.75, 3.05) is 12.3 Å². The topological polar surface area (TPSA) is 78.8 Å². The summed E-state index contributed by atoms with van der Waals surface area (Å²) >= 11 is 0. The van der Waals surface area contributed by atoms with E-state index < -0.39 is 0 Å². The fourth-order valence-electron chi connectivity index (χ4n) is 1.97.